The summed E-state index contributed by atoms with van der Waals surface area (Å²) in [5.41, 5.74) is 0. The van der Waals surface area contributed by atoms with E-state index >= 15 is 0 Å². The van der Waals surface area contributed by atoms with E-state index < -0.39 is 16.8 Å². The maximum atomic E-state index is 12.0. The Morgan fingerprint density at radius 3 is 2.44 bits per heavy atom. The molecule has 0 aliphatic rings. The number of carboxylic acids is 1. The van der Waals surface area contributed by atoms with Crippen LogP contribution in [0.2, 0.25) is 5.02 Å². The Labute approximate surface area is 115 Å². The van der Waals surface area contributed by atoms with Crippen molar-refractivity contribution in [2.24, 2.45) is 0 Å². The highest BCUT2D eigenvalue weighted by atomic mass is 35.5. The van der Waals surface area contributed by atoms with Gasteiger partial charge in [-0.15, -0.1) is 11.3 Å². The second-order valence-electron chi connectivity index (χ2n) is 3.51. The van der Waals surface area contributed by atoms with Crippen LogP contribution >= 0.6 is 22.9 Å². The first-order chi connectivity index (χ1) is 8.56. The van der Waals surface area contributed by atoms with E-state index in [0.717, 1.165) is 16.2 Å². The number of aromatic carboxylic acids is 1. The molecule has 1 unspecified atom stereocenters. The van der Waals surface area contributed by atoms with E-state index in [9.17, 15) is 9.00 Å². The van der Waals surface area contributed by atoms with E-state index in [4.69, 9.17) is 16.7 Å². The van der Waals surface area contributed by atoms with Gasteiger partial charge in [-0.25, -0.2) is 4.79 Å². The number of halogens is 1. The summed E-state index contributed by atoms with van der Waals surface area (Å²) < 4.78 is 12.0. The van der Waals surface area contributed by atoms with E-state index in [1.807, 2.05) is 0 Å². The predicted molar refractivity (Wildman–Crippen MR) is 72.8 cm³/mol. The number of hydrogen-bond donors (Lipinski definition) is 1. The number of rotatable bonds is 4. The van der Waals surface area contributed by atoms with Gasteiger partial charge < -0.3 is 5.11 Å². The Kier molecular flexibility index (Phi) is 4.16. The zero-order valence-corrected chi connectivity index (χ0v) is 11.5. The van der Waals surface area contributed by atoms with Gasteiger partial charge in [0.15, 0.2) is 0 Å². The molecule has 2 rings (SSSR count). The standard InChI is InChI=1S/C12H9ClO3S2/c13-8-1-4-10(5-2-8)18(16)7-9-3-6-11(17-9)12(14)15/h1-6H,7H2,(H,14,15). The molecule has 0 bridgehead atoms. The topological polar surface area (TPSA) is 54.4 Å². The molecule has 3 nitrogen and oxygen atoms in total. The third kappa shape index (κ3) is 3.19. The minimum Gasteiger partial charge on any atom is -0.477 e. The van der Waals surface area contributed by atoms with Gasteiger partial charge >= 0.3 is 5.97 Å². The smallest absolute Gasteiger partial charge is 0.345 e. The van der Waals surface area contributed by atoms with Crippen LogP contribution in [-0.4, -0.2) is 15.3 Å². The molecule has 1 N–H and O–H groups in total. The maximum Gasteiger partial charge on any atom is 0.345 e. The Hall–Kier alpha value is -1.17. The van der Waals surface area contributed by atoms with Crippen molar-refractivity contribution in [1.29, 1.82) is 0 Å². The molecule has 0 aliphatic carbocycles. The Morgan fingerprint density at radius 1 is 1.22 bits per heavy atom. The highest BCUT2D eigenvalue weighted by molar-refractivity contribution is 7.84. The van der Waals surface area contributed by atoms with Crippen LogP contribution in [0.15, 0.2) is 41.3 Å². The summed E-state index contributed by atoms with van der Waals surface area (Å²) in [4.78, 5) is 12.5. The zero-order valence-electron chi connectivity index (χ0n) is 9.13. The second-order valence-corrected chi connectivity index (χ2v) is 6.57. The molecule has 0 radical (unpaired) electrons. The third-order valence-electron chi connectivity index (χ3n) is 2.22. The summed E-state index contributed by atoms with van der Waals surface area (Å²) in [6, 6.07) is 10.0. The van der Waals surface area contributed by atoms with Crippen molar-refractivity contribution < 1.29 is 14.1 Å². The fourth-order valence-electron chi connectivity index (χ4n) is 1.37. The van der Waals surface area contributed by atoms with Gasteiger partial charge in [0.05, 0.1) is 16.6 Å². The van der Waals surface area contributed by atoms with Crippen molar-refractivity contribution in [3.63, 3.8) is 0 Å². The van der Waals surface area contributed by atoms with Crippen LogP contribution in [0.4, 0.5) is 0 Å². The Balaban J connectivity index is 2.11. The number of carboxylic acid groups (broad SMARTS) is 1. The molecule has 1 aromatic carbocycles. The molecule has 94 valence electrons. The molecule has 1 heterocycles. The van der Waals surface area contributed by atoms with Crippen molar-refractivity contribution in [2.75, 3.05) is 0 Å². The van der Waals surface area contributed by atoms with Crippen molar-refractivity contribution >= 4 is 39.7 Å². The monoisotopic (exact) mass is 300 g/mol. The number of hydrogen-bond acceptors (Lipinski definition) is 3. The molecular formula is C12H9ClO3S2. The minimum atomic E-state index is -1.18. The Morgan fingerprint density at radius 2 is 1.89 bits per heavy atom. The van der Waals surface area contributed by atoms with Crippen LogP contribution in [0.25, 0.3) is 0 Å². The predicted octanol–water partition coefficient (Wildman–Crippen LogP) is 3.41. The molecule has 2 aromatic rings. The lowest BCUT2D eigenvalue weighted by Gasteiger charge is -2.00. The van der Waals surface area contributed by atoms with Crippen LogP contribution < -0.4 is 0 Å². The Bertz CT molecular complexity index is 590. The molecule has 0 saturated carbocycles. The van der Waals surface area contributed by atoms with E-state index in [-0.39, 0.29) is 4.88 Å². The molecule has 6 heteroatoms. The molecule has 0 fully saturated rings. The van der Waals surface area contributed by atoms with Crippen LogP contribution in [0.5, 0.6) is 0 Å². The van der Waals surface area contributed by atoms with Gasteiger partial charge in [0.1, 0.15) is 4.88 Å². The lowest BCUT2D eigenvalue weighted by Crippen LogP contribution is -1.94. The van der Waals surface area contributed by atoms with Gasteiger partial charge in [0.25, 0.3) is 0 Å². The minimum absolute atomic E-state index is 0.262. The maximum absolute atomic E-state index is 12.0. The molecule has 1 aromatic heterocycles. The van der Waals surface area contributed by atoms with Gasteiger partial charge in [-0.05, 0) is 36.4 Å². The first-order valence-corrected chi connectivity index (χ1v) is 7.53. The summed E-state index contributed by atoms with van der Waals surface area (Å²) in [6.45, 7) is 0. The van der Waals surface area contributed by atoms with Crippen LogP contribution in [0.3, 0.4) is 0 Å². The second kappa shape index (κ2) is 5.65. The normalized spacial score (nSPS) is 12.3. The molecule has 0 amide bonds. The number of benzene rings is 1. The van der Waals surface area contributed by atoms with Crippen LogP contribution in [-0.2, 0) is 16.6 Å². The van der Waals surface area contributed by atoms with E-state index in [1.165, 1.54) is 6.07 Å². The summed E-state index contributed by atoms with van der Waals surface area (Å²) in [5.74, 6) is -0.636. The van der Waals surface area contributed by atoms with Gasteiger partial charge in [-0.1, -0.05) is 11.6 Å². The lowest BCUT2D eigenvalue weighted by molar-refractivity contribution is 0.0702. The van der Waals surface area contributed by atoms with Crippen LogP contribution in [0.1, 0.15) is 14.5 Å². The lowest BCUT2D eigenvalue weighted by atomic mass is 10.4. The van der Waals surface area contributed by atoms with Crippen molar-refractivity contribution in [3.05, 3.63) is 51.2 Å². The quantitative estimate of drug-likeness (QED) is 0.941. The molecule has 0 spiro atoms. The van der Waals surface area contributed by atoms with Gasteiger partial charge in [0.2, 0.25) is 0 Å². The molecule has 18 heavy (non-hydrogen) atoms. The van der Waals surface area contributed by atoms with Gasteiger partial charge in [-0.2, -0.15) is 0 Å². The largest absolute Gasteiger partial charge is 0.477 e. The summed E-state index contributed by atoms with van der Waals surface area (Å²) in [5, 5.41) is 9.40. The van der Waals surface area contributed by atoms with Crippen molar-refractivity contribution in [1.82, 2.24) is 0 Å². The highest BCUT2D eigenvalue weighted by Gasteiger charge is 2.10. The van der Waals surface area contributed by atoms with E-state index in [0.29, 0.717) is 15.7 Å². The highest BCUT2D eigenvalue weighted by Crippen LogP contribution is 2.21. The molecular weight excluding hydrogens is 292 g/mol. The van der Waals surface area contributed by atoms with Gasteiger partial charge in [0, 0.05) is 14.8 Å². The number of thiophene rings is 1. The fourth-order valence-corrected chi connectivity index (χ4v) is 3.66. The first kappa shape index (κ1) is 13.3. The van der Waals surface area contributed by atoms with Crippen molar-refractivity contribution in [3.8, 4) is 0 Å². The SMILES string of the molecule is O=C(O)c1ccc(CS(=O)c2ccc(Cl)cc2)s1. The molecule has 1 atom stereocenters. The summed E-state index contributed by atoms with van der Waals surface area (Å²) >= 11 is 6.90. The summed E-state index contributed by atoms with van der Waals surface area (Å²) in [6.07, 6.45) is 0. The molecule has 0 saturated heterocycles. The van der Waals surface area contributed by atoms with Crippen LogP contribution in [0, 0.1) is 0 Å². The van der Waals surface area contributed by atoms with E-state index in [1.54, 1.807) is 30.3 Å². The summed E-state index contributed by atoms with van der Waals surface area (Å²) in [7, 11) is -1.18. The van der Waals surface area contributed by atoms with E-state index in [2.05, 4.69) is 0 Å². The zero-order chi connectivity index (χ0) is 13.1. The average molecular weight is 301 g/mol. The third-order valence-corrected chi connectivity index (χ3v) is 5.10. The molecule has 0 aliphatic heterocycles. The van der Waals surface area contributed by atoms with Crippen molar-refractivity contribution in [2.45, 2.75) is 10.6 Å². The van der Waals surface area contributed by atoms with Gasteiger partial charge in [-0.3, -0.25) is 4.21 Å². The number of carbonyl (C=O) groups is 1. The fraction of sp³-hybridized carbons (Fsp3) is 0.0833. The average Bonchev–Trinajstić information content (AvgIpc) is 2.78. The first-order valence-electron chi connectivity index (χ1n) is 5.02.